The van der Waals surface area contributed by atoms with Crippen LogP contribution in [0.2, 0.25) is 0 Å². The van der Waals surface area contributed by atoms with Gasteiger partial charge >= 0.3 is 0 Å². The highest BCUT2D eigenvalue weighted by Crippen LogP contribution is 2.21. The maximum atomic E-state index is 12.1. The smallest absolute Gasteiger partial charge is 0.242 e. The van der Waals surface area contributed by atoms with Gasteiger partial charge in [0.05, 0.1) is 5.69 Å². The number of piperidine rings is 1. The molecule has 1 saturated heterocycles. The Labute approximate surface area is 149 Å². The van der Waals surface area contributed by atoms with Crippen molar-refractivity contribution in [3.63, 3.8) is 0 Å². The third kappa shape index (κ3) is 4.59. The molecular weight excluding hydrogens is 314 g/mol. The first-order valence-corrected chi connectivity index (χ1v) is 8.99. The minimum atomic E-state index is -0.0414. The fraction of sp³-hybridized carbons (Fsp3) is 0.526. The van der Waals surface area contributed by atoms with E-state index in [-0.39, 0.29) is 12.5 Å². The average Bonchev–Trinajstić information content (AvgIpc) is 2.91. The minimum absolute atomic E-state index is 0.0414. The van der Waals surface area contributed by atoms with Gasteiger partial charge in [0.25, 0.3) is 0 Å². The second-order valence-electron chi connectivity index (χ2n) is 7.06. The SMILES string of the molecule is Cc1cc(C)n(CC(=O)NCc2ccc(N3CCC(C)CC3)nc2)n1. The molecule has 0 radical (unpaired) electrons. The van der Waals surface area contributed by atoms with Crippen LogP contribution in [0.15, 0.2) is 24.4 Å². The van der Waals surface area contributed by atoms with Gasteiger partial charge in [-0.15, -0.1) is 0 Å². The first-order chi connectivity index (χ1) is 12.0. The molecule has 2 aromatic rings. The molecule has 0 saturated carbocycles. The van der Waals surface area contributed by atoms with Gasteiger partial charge in [0.1, 0.15) is 12.4 Å². The van der Waals surface area contributed by atoms with Gasteiger partial charge in [-0.3, -0.25) is 9.48 Å². The molecule has 0 spiro atoms. The van der Waals surface area contributed by atoms with Gasteiger partial charge in [0, 0.05) is 31.5 Å². The Bertz CT molecular complexity index is 714. The van der Waals surface area contributed by atoms with Crippen LogP contribution < -0.4 is 10.2 Å². The Kier molecular flexibility index (Phi) is 5.36. The number of nitrogens with zero attached hydrogens (tertiary/aromatic N) is 4. The van der Waals surface area contributed by atoms with E-state index in [9.17, 15) is 4.79 Å². The highest BCUT2D eigenvalue weighted by Gasteiger charge is 2.16. The molecule has 3 heterocycles. The van der Waals surface area contributed by atoms with E-state index in [1.54, 1.807) is 4.68 Å². The zero-order valence-electron chi connectivity index (χ0n) is 15.3. The minimum Gasteiger partial charge on any atom is -0.357 e. The molecule has 6 nitrogen and oxygen atoms in total. The van der Waals surface area contributed by atoms with Crippen molar-refractivity contribution in [3.05, 3.63) is 41.3 Å². The van der Waals surface area contributed by atoms with Crippen LogP contribution in [0.4, 0.5) is 5.82 Å². The van der Waals surface area contributed by atoms with Crippen molar-refractivity contribution in [2.75, 3.05) is 18.0 Å². The molecule has 2 aromatic heterocycles. The maximum Gasteiger partial charge on any atom is 0.242 e. The molecule has 1 amide bonds. The topological polar surface area (TPSA) is 63.1 Å². The van der Waals surface area contributed by atoms with Crippen molar-refractivity contribution >= 4 is 11.7 Å². The average molecular weight is 341 g/mol. The molecule has 1 aliphatic rings. The van der Waals surface area contributed by atoms with Crippen molar-refractivity contribution in [1.29, 1.82) is 0 Å². The lowest BCUT2D eigenvalue weighted by atomic mass is 9.99. The molecule has 3 rings (SSSR count). The van der Waals surface area contributed by atoms with Crippen molar-refractivity contribution in [2.24, 2.45) is 5.92 Å². The highest BCUT2D eigenvalue weighted by molar-refractivity contribution is 5.75. The molecule has 0 atom stereocenters. The third-order valence-corrected chi connectivity index (χ3v) is 4.80. The van der Waals surface area contributed by atoms with E-state index < -0.39 is 0 Å². The summed E-state index contributed by atoms with van der Waals surface area (Å²) in [7, 11) is 0. The van der Waals surface area contributed by atoms with Gasteiger partial charge in [-0.05, 0) is 50.3 Å². The molecule has 0 aromatic carbocycles. The quantitative estimate of drug-likeness (QED) is 0.907. The zero-order chi connectivity index (χ0) is 17.8. The number of aryl methyl sites for hydroxylation is 2. The van der Waals surface area contributed by atoms with Crippen molar-refractivity contribution < 1.29 is 4.79 Å². The number of amides is 1. The normalized spacial score (nSPS) is 15.4. The van der Waals surface area contributed by atoms with Crippen LogP contribution in [0.3, 0.4) is 0 Å². The van der Waals surface area contributed by atoms with Crippen molar-refractivity contribution in [3.8, 4) is 0 Å². The van der Waals surface area contributed by atoms with Gasteiger partial charge in [0.15, 0.2) is 0 Å². The molecule has 1 N–H and O–H groups in total. The summed E-state index contributed by atoms with van der Waals surface area (Å²) in [6, 6.07) is 6.07. The largest absolute Gasteiger partial charge is 0.357 e. The Morgan fingerprint density at radius 3 is 2.64 bits per heavy atom. The molecule has 0 aliphatic carbocycles. The summed E-state index contributed by atoms with van der Waals surface area (Å²) in [5.41, 5.74) is 2.93. The van der Waals surface area contributed by atoms with Crippen LogP contribution in [-0.2, 0) is 17.9 Å². The van der Waals surface area contributed by atoms with Gasteiger partial charge in [0.2, 0.25) is 5.91 Å². The lowest BCUT2D eigenvalue weighted by molar-refractivity contribution is -0.122. The lowest BCUT2D eigenvalue weighted by Gasteiger charge is -2.31. The Hall–Kier alpha value is -2.37. The van der Waals surface area contributed by atoms with E-state index in [4.69, 9.17) is 0 Å². The Morgan fingerprint density at radius 2 is 2.04 bits per heavy atom. The van der Waals surface area contributed by atoms with Crippen LogP contribution in [0, 0.1) is 19.8 Å². The summed E-state index contributed by atoms with van der Waals surface area (Å²) in [6.07, 6.45) is 4.31. The van der Waals surface area contributed by atoms with E-state index in [1.165, 1.54) is 12.8 Å². The van der Waals surface area contributed by atoms with Crippen LogP contribution >= 0.6 is 0 Å². The Balaban J connectivity index is 1.50. The second-order valence-corrected chi connectivity index (χ2v) is 7.06. The summed E-state index contributed by atoms with van der Waals surface area (Å²) in [5.74, 6) is 1.80. The molecule has 0 unspecified atom stereocenters. The first-order valence-electron chi connectivity index (χ1n) is 8.99. The predicted octanol–water partition coefficient (Wildman–Crippen LogP) is 2.45. The third-order valence-electron chi connectivity index (χ3n) is 4.80. The molecule has 0 bridgehead atoms. The molecule has 1 fully saturated rings. The van der Waals surface area contributed by atoms with Crippen LogP contribution in [0.1, 0.15) is 36.7 Å². The van der Waals surface area contributed by atoms with Crippen LogP contribution in [0.25, 0.3) is 0 Å². The predicted molar refractivity (Wildman–Crippen MR) is 98.4 cm³/mol. The number of pyridine rings is 1. The number of anilines is 1. The second kappa shape index (κ2) is 7.68. The van der Waals surface area contributed by atoms with E-state index >= 15 is 0 Å². The van der Waals surface area contributed by atoms with E-state index in [1.807, 2.05) is 32.2 Å². The number of aromatic nitrogens is 3. The van der Waals surface area contributed by atoms with E-state index in [0.717, 1.165) is 41.8 Å². The molecule has 134 valence electrons. The first kappa shape index (κ1) is 17.5. The summed E-state index contributed by atoms with van der Waals surface area (Å²) < 4.78 is 1.73. The zero-order valence-corrected chi connectivity index (χ0v) is 15.3. The molecule has 6 heteroatoms. The number of hydrogen-bond donors (Lipinski definition) is 1. The summed E-state index contributed by atoms with van der Waals surface area (Å²) in [5, 5.41) is 7.25. The van der Waals surface area contributed by atoms with Crippen molar-refractivity contribution in [2.45, 2.75) is 46.7 Å². The standard InChI is InChI=1S/C19H27N5O/c1-14-6-8-23(9-7-14)18-5-4-17(11-20-18)12-21-19(25)13-24-16(3)10-15(2)22-24/h4-5,10-11,14H,6-9,12-13H2,1-3H3,(H,21,25). The van der Waals surface area contributed by atoms with E-state index in [0.29, 0.717) is 6.54 Å². The fourth-order valence-corrected chi connectivity index (χ4v) is 3.17. The van der Waals surface area contributed by atoms with E-state index in [2.05, 4.69) is 33.3 Å². The highest BCUT2D eigenvalue weighted by atomic mass is 16.2. The number of rotatable bonds is 5. The monoisotopic (exact) mass is 341 g/mol. The summed E-state index contributed by atoms with van der Waals surface area (Å²) in [6.45, 7) is 9.08. The number of carbonyl (C=O) groups excluding carboxylic acids is 1. The van der Waals surface area contributed by atoms with Gasteiger partial charge in [-0.25, -0.2) is 4.98 Å². The fourth-order valence-electron chi connectivity index (χ4n) is 3.17. The van der Waals surface area contributed by atoms with Crippen molar-refractivity contribution in [1.82, 2.24) is 20.1 Å². The van der Waals surface area contributed by atoms with Gasteiger partial charge in [-0.2, -0.15) is 5.10 Å². The lowest BCUT2D eigenvalue weighted by Crippen LogP contribution is -2.33. The number of nitrogens with one attached hydrogen (secondary N) is 1. The number of hydrogen-bond acceptors (Lipinski definition) is 4. The molecule has 25 heavy (non-hydrogen) atoms. The number of carbonyl (C=O) groups is 1. The van der Waals surface area contributed by atoms with Crippen LogP contribution in [-0.4, -0.2) is 33.8 Å². The molecular formula is C19H27N5O. The van der Waals surface area contributed by atoms with Gasteiger partial charge < -0.3 is 10.2 Å². The maximum absolute atomic E-state index is 12.1. The Morgan fingerprint density at radius 1 is 1.28 bits per heavy atom. The van der Waals surface area contributed by atoms with Crippen LogP contribution in [0.5, 0.6) is 0 Å². The summed E-state index contributed by atoms with van der Waals surface area (Å²) in [4.78, 5) is 19.0. The molecule has 1 aliphatic heterocycles. The van der Waals surface area contributed by atoms with Gasteiger partial charge in [-0.1, -0.05) is 13.0 Å². The summed E-state index contributed by atoms with van der Waals surface area (Å²) >= 11 is 0.